The molecule has 3 aromatic carbocycles. The number of carbonyl (C=O) groups is 2. The lowest BCUT2D eigenvalue weighted by molar-refractivity contribution is -0.140. The highest BCUT2D eigenvalue weighted by Gasteiger charge is 2.33. The van der Waals surface area contributed by atoms with Crippen molar-refractivity contribution in [3.63, 3.8) is 0 Å². The van der Waals surface area contributed by atoms with Gasteiger partial charge in [0, 0.05) is 25.6 Å². The van der Waals surface area contributed by atoms with Gasteiger partial charge in [0.2, 0.25) is 21.8 Å². The Morgan fingerprint density at radius 3 is 2.20 bits per heavy atom. The SMILES string of the molecule is COc1cccc(N(CC(=O)N(Cc2ccc(C)cc2)[C@@H](Cc2ccccc2)C(=O)NCC(C)C)S(C)(=O)=O)c1. The molecule has 0 aromatic heterocycles. The fourth-order valence-electron chi connectivity index (χ4n) is 4.25. The molecule has 0 fully saturated rings. The fourth-order valence-corrected chi connectivity index (χ4v) is 5.09. The molecule has 0 bridgehead atoms. The molecule has 0 saturated carbocycles. The first-order chi connectivity index (χ1) is 19.0. The monoisotopic (exact) mass is 565 g/mol. The van der Waals surface area contributed by atoms with Crippen LogP contribution < -0.4 is 14.4 Å². The topological polar surface area (TPSA) is 96.0 Å². The number of nitrogens with zero attached hydrogens (tertiary/aromatic N) is 2. The van der Waals surface area contributed by atoms with Crippen LogP contribution in [0.15, 0.2) is 78.9 Å². The van der Waals surface area contributed by atoms with E-state index in [1.165, 1.54) is 12.0 Å². The lowest BCUT2D eigenvalue weighted by Gasteiger charge is -2.33. The summed E-state index contributed by atoms with van der Waals surface area (Å²) in [6.07, 6.45) is 1.33. The number of anilines is 1. The molecule has 1 N–H and O–H groups in total. The second-order valence-electron chi connectivity index (χ2n) is 10.3. The Kier molecular flexibility index (Phi) is 10.7. The first kappa shape index (κ1) is 30.7. The molecule has 3 aromatic rings. The number of carbonyl (C=O) groups excluding carboxylic acids is 2. The summed E-state index contributed by atoms with van der Waals surface area (Å²) in [5.74, 6) is -0.0961. The van der Waals surface area contributed by atoms with Gasteiger partial charge in [0.1, 0.15) is 18.3 Å². The third-order valence-corrected chi connectivity index (χ3v) is 7.59. The van der Waals surface area contributed by atoms with Crippen molar-refractivity contribution in [3.05, 3.63) is 95.6 Å². The number of hydrogen-bond acceptors (Lipinski definition) is 5. The van der Waals surface area contributed by atoms with Gasteiger partial charge in [0.25, 0.3) is 0 Å². The molecule has 0 heterocycles. The largest absolute Gasteiger partial charge is 0.497 e. The highest BCUT2D eigenvalue weighted by Crippen LogP contribution is 2.24. The summed E-state index contributed by atoms with van der Waals surface area (Å²) in [5.41, 5.74) is 3.09. The van der Waals surface area contributed by atoms with E-state index in [-0.39, 0.29) is 24.8 Å². The van der Waals surface area contributed by atoms with Crippen molar-refractivity contribution >= 4 is 27.5 Å². The highest BCUT2D eigenvalue weighted by atomic mass is 32.2. The second kappa shape index (κ2) is 14.0. The standard InChI is InChI=1S/C31H39N3O5S/c1-23(2)20-32-31(36)29(18-25-10-7-6-8-11-25)33(21-26-16-14-24(3)15-17-26)30(35)22-34(40(5,37)38)27-12-9-13-28(19-27)39-4/h6-17,19,23,29H,18,20-22H2,1-5H3,(H,32,36)/t29-/m0/s1. The van der Waals surface area contributed by atoms with Gasteiger partial charge in [-0.2, -0.15) is 0 Å². The Labute approximate surface area is 238 Å². The molecule has 0 spiro atoms. The Morgan fingerprint density at radius 2 is 1.60 bits per heavy atom. The molecule has 8 nitrogen and oxygen atoms in total. The van der Waals surface area contributed by atoms with Crippen molar-refractivity contribution < 1.29 is 22.7 Å². The van der Waals surface area contributed by atoms with E-state index in [0.29, 0.717) is 18.0 Å². The lowest BCUT2D eigenvalue weighted by atomic mass is 10.0. The molecule has 1 atom stereocenters. The molecule has 0 aliphatic rings. The van der Waals surface area contributed by atoms with E-state index >= 15 is 0 Å². The van der Waals surface area contributed by atoms with Gasteiger partial charge in [-0.1, -0.05) is 80.1 Å². The minimum atomic E-state index is -3.85. The lowest BCUT2D eigenvalue weighted by Crippen LogP contribution is -2.53. The number of aryl methyl sites for hydroxylation is 1. The summed E-state index contributed by atoms with van der Waals surface area (Å²) in [4.78, 5) is 29.2. The van der Waals surface area contributed by atoms with E-state index in [0.717, 1.165) is 27.3 Å². The zero-order valence-corrected chi connectivity index (χ0v) is 24.6. The van der Waals surface area contributed by atoms with Gasteiger partial charge in [0.15, 0.2) is 0 Å². The third-order valence-electron chi connectivity index (χ3n) is 6.45. The van der Waals surface area contributed by atoms with Crippen molar-refractivity contribution in [2.24, 2.45) is 5.92 Å². The number of amides is 2. The highest BCUT2D eigenvalue weighted by molar-refractivity contribution is 7.92. The number of nitrogens with one attached hydrogen (secondary N) is 1. The number of benzene rings is 3. The summed E-state index contributed by atoms with van der Waals surface area (Å²) < 4.78 is 32.1. The molecule has 3 rings (SSSR count). The Bertz CT molecular complexity index is 1380. The molecule has 9 heteroatoms. The number of methoxy groups -OCH3 is 1. The molecule has 0 aliphatic carbocycles. The zero-order chi connectivity index (χ0) is 29.3. The number of ether oxygens (including phenoxy) is 1. The summed E-state index contributed by atoms with van der Waals surface area (Å²) in [6.45, 7) is 6.10. The third kappa shape index (κ3) is 8.84. The van der Waals surface area contributed by atoms with Gasteiger partial charge in [-0.3, -0.25) is 13.9 Å². The van der Waals surface area contributed by atoms with Crippen LogP contribution in [0.3, 0.4) is 0 Å². The normalized spacial score (nSPS) is 12.1. The number of rotatable bonds is 13. The predicted octanol–water partition coefficient (Wildman–Crippen LogP) is 4.18. The Morgan fingerprint density at radius 1 is 0.925 bits per heavy atom. The fraction of sp³-hybridized carbons (Fsp3) is 0.355. The van der Waals surface area contributed by atoms with Crippen LogP contribution in [0.4, 0.5) is 5.69 Å². The van der Waals surface area contributed by atoms with Gasteiger partial charge in [-0.25, -0.2) is 8.42 Å². The van der Waals surface area contributed by atoms with E-state index < -0.39 is 28.5 Å². The van der Waals surface area contributed by atoms with Crippen molar-refractivity contribution in [1.29, 1.82) is 0 Å². The summed E-state index contributed by atoms with van der Waals surface area (Å²) in [6, 6.07) is 22.9. The minimum absolute atomic E-state index is 0.140. The van der Waals surface area contributed by atoms with Gasteiger partial charge in [-0.05, 0) is 36.1 Å². The van der Waals surface area contributed by atoms with Crippen molar-refractivity contribution in [2.75, 3.05) is 30.8 Å². The van der Waals surface area contributed by atoms with Crippen LogP contribution in [0.5, 0.6) is 5.75 Å². The van der Waals surface area contributed by atoms with Crippen LogP contribution in [0, 0.1) is 12.8 Å². The molecule has 0 saturated heterocycles. The van der Waals surface area contributed by atoms with Crippen LogP contribution in [-0.2, 0) is 32.6 Å². The summed E-state index contributed by atoms with van der Waals surface area (Å²) >= 11 is 0. The molecule has 0 unspecified atom stereocenters. The quantitative estimate of drug-likeness (QED) is 0.336. The van der Waals surface area contributed by atoms with E-state index in [1.54, 1.807) is 24.3 Å². The maximum absolute atomic E-state index is 14.1. The first-order valence-electron chi connectivity index (χ1n) is 13.3. The van der Waals surface area contributed by atoms with Crippen molar-refractivity contribution in [3.8, 4) is 5.75 Å². The maximum Gasteiger partial charge on any atom is 0.244 e. The second-order valence-corrected chi connectivity index (χ2v) is 12.2. The molecular formula is C31H39N3O5S. The Balaban J connectivity index is 2.04. The van der Waals surface area contributed by atoms with Gasteiger partial charge in [-0.15, -0.1) is 0 Å². The van der Waals surface area contributed by atoms with Gasteiger partial charge < -0.3 is 15.0 Å². The molecule has 214 valence electrons. The number of sulfonamides is 1. The van der Waals surface area contributed by atoms with E-state index in [2.05, 4.69) is 5.32 Å². The molecule has 40 heavy (non-hydrogen) atoms. The molecule has 0 radical (unpaired) electrons. The van der Waals surface area contributed by atoms with E-state index in [1.807, 2.05) is 75.4 Å². The van der Waals surface area contributed by atoms with Crippen LogP contribution in [0.2, 0.25) is 0 Å². The van der Waals surface area contributed by atoms with Gasteiger partial charge in [0.05, 0.1) is 19.1 Å². The van der Waals surface area contributed by atoms with Crippen molar-refractivity contribution in [2.45, 2.75) is 39.8 Å². The van der Waals surface area contributed by atoms with E-state index in [9.17, 15) is 18.0 Å². The predicted molar refractivity (Wildman–Crippen MR) is 159 cm³/mol. The van der Waals surface area contributed by atoms with E-state index in [4.69, 9.17) is 4.74 Å². The smallest absolute Gasteiger partial charge is 0.244 e. The first-order valence-corrected chi connectivity index (χ1v) is 15.1. The Hall–Kier alpha value is -3.85. The minimum Gasteiger partial charge on any atom is -0.497 e. The summed E-state index contributed by atoms with van der Waals surface area (Å²) in [7, 11) is -2.36. The number of hydrogen-bond donors (Lipinski definition) is 1. The average Bonchev–Trinajstić information content (AvgIpc) is 2.93. The zero-order valence-electron chi connectivity index (χ0n) is 23.8. The summed E-state index contributed by atoms with van der Waals surface area (Å²) in [5, 5.41) is 2.98. The van der Waals surface area contributed by atoms with Crippen molar-refractivity contribution in [1.82, 2.24) is 10.2 Å². The van der Waals surface area contributed by atoms with Crippen LogP contribution in [-0.4, -0.2) is 57.6 Å². The molecule has 2 amide bonds. The van der Waals surface area contributed by atoms with Gasteiger partial charge >= 0.3 is 0 Å². The van der Waals surface area contributed by atoms with Crippen LogP contribution in [0.1, 0.15) is 30.5 Å². The average molecular weight is 566 g/mol. The van der Waals surface area contributed by atoms with Crippen LogP contribution >= 0.6 is 0 Å². The molecule has 0 aliphatic heterocycles. The molecular weight excluding hydrogens is 526 g/mol. The van der Waals surface area contributed by atoms with Crippen LogP contribution in [0.25, 0.3) is 0 Å². The maximum atomic E-state index is 14.1.